The number of carbonyl (C=O) groups excluding carboxylic acids is 1. The molecule has 0 bridgehead atoms. The molecule has 0 fully saturated rings. The van der Waals surface area contributed by atoms with Gasteiger partial charge in [0.15, 0.2) is 0 Å². The van der Waals surface area contributed by atoms with Gasteiger partial charge in [-0.15, -0.1) is 0 Å². The number of amides is 1. The largest absolute Gasteiger partial charge is 0.348 e. The predicted molar refractivity (Wildman–Crippen MR) is 101 cm³/mol. The number of nitrogens with one attached hydrogen (secondary N) is 1. The number of halogens is 1. The standard InChI is InChI=1S/C20H18FN5O2/c1-12(11-26-9-3-8-22-26)23-19(27)16-10-17(14-4-6-15(21)7-5-14)24-20-18(16)13(2)25-28-20/h3-10,12H,11H2,1-2H3,(H,23,27)/t12-/m1/s1. The zero-order valence-electron chi connectivity index (χ0n) is 15.4. The molecule has 7 nitrogen and oxygen atoms in total. The number of fused-ring (bicyclic) bond motifs is 1. The summed E-state index contributed by atoms with van der Waals surface area (Å²) >= 11 is 0. The van der Waals surface area contributed by atoms with E-state index in [1.54, 1.807) is 36.0 Å². The molecular formula is C20H18FN5O2. The summed E-state index contributed by atoms with van der Waals surface area (Å²) in [6, 6.07) is 9.26. The monoisotopic (exact) mass is 379 g/mol. The lowest BCUT2D eigenvalue weighted by atomic mass is 10.0. The molecule has 0 aliphatic carbocycles. The first-order valence-corrected chi connectivity index (χ1v) is 8.82. The molecule has 3 heterocycles. The first-order chi connectivity index (χ1) is 13.5. The minimum atomic E-state index is -0.342. The summed E-state index contributed by atoms with van der Waals surface area (Å²) in [6.45, 7) is 4.20. The van der Waals surface area contributed by atoms with Gasteiger partial charge in [0.05, 0.1) is 28.9 Å². The number of nitrogens with zero attached hydrogens (tertiary/aromatic N) is 4. The molecule has 0 unspecified atom stereocenters. The fraction of sp³-hybridized carbons (Fsp3) is 0.200. The summed E-state index contributed by atoms with van der Waals surface area (Å²) in [7, 11) is 0. The Labute approximate surface area is 160 Å². The number of pyridine rings is 1. The van der Waals surface area contributed by atoms with Crippen LogP contribution in [-0.2, 0) is 6.54 Å². The number of hydrogen-bond donors (Lipinski definition) is 1. The van der Waals surface area contributed by atoms with Crippen molar-refractivity contribution < 1.29 is 13.7 Å². The smallest absolute Gasteiger partial charge is 0.259 e. The van der Waals surface area contributed by atoms with Gasteiger partial charge in [0.25, 0.3) is 11.6 Å². The van der Waals surface area contributed by atoms with Crippen molar-refractivity contribution in [2.24, 2.45) is 0 Å². The van der Waals surface area contributed by atoms with E-state index < -0.39 is 0 Å². The Bertz CT molecular complexity index is 1120. The van der Waals surface area contributed by atoms with Crippen LogP contribution in [0.25, 0.3) is 22.4 Å². The van der Waals surface area contributed by atoms with Gasteiger partial charge in [-0.05, 0) is 50.2 Å². The highest BCUT2D eigenvalue weighted by molar-refractivity contribution is 6.07. The molecule has 0 saturated heterocycles. The summed E-state index contributed by atoms with van der Waals surface area (Å²) < 4.78 is 20.3. The Balaban J connectivity index is 1.69. The molecule has 3 aromatic heterocycles. The SMILES string of the molecule is Cc1noc2nc(-c3ccc(F)cc3)cc(C(=O)N[C@H](C)Cn3cccn3)c12. The molecule has 0 radical (unpaired) electrons. The lowest BCUT2D eigenvalue weighted by Gasteiger charge is -2.15. The highest BCUT2D eigenvalue weighted by Crippen LogP contribution is 2.27. The second-order valence-corrected chi connectivity index (χ2v) is 6.61. The van der Waals surface area contributed by atoms with E-state index in [0.717, 1.165) is 0 Å². The summed E-state index contributed by atoms with van der Waals surface area (Å²) in [5.74, 6) is -0.604. The molecule has 142 valence electrons. The Hall–Kier alpha value is -3.55. The van der Waals surface area contributed by atoms with Crippen molar-refractivity contribution in [1.82, 2.24) is 25.2 Å². The quantitative estimate of drug-likeness (QED) is 0.575. The molecule has 0 saturated carbocycles. The van der Waals surface area contributed by atoms with Gasteiger partial charge in [-0.2, -0.15) is 5.10 Å². The Morgan fingerprint density at radius 2 is 2.11 bits per heavy atom. The highest BCUT2D eigenvalue weighted by Gasteiger charge is 2.20. The number of carbonyl (C=O) groups is 1. The third-order valence-corrected chi connectivity index (χ3v) is 4.40. The van der Waals surface area contributed by atoms with E-state index >= 15 is 0 Å². The maximum Gasteiger partial charge on any atom is 0.259 e. The van der Waals surface area contributed by atoms with Crippen LogP contribution in [0.15, 0.2) is 53.3 Å². The molecule has 0 aliphatic heterocycles. The van der Waals surface area contributed by atoms with Gasteiger partial charge in [0.1, 0.15) is 5.82 Å². The topological polar surface area (TPSA) is 85.8 Å². The van der Waals surface area contributed by atoms with Gasteiger partial charge in [-0.3, -0.25) is 9.48 Å². The van der Waals surface area contributed by atoms with E-state index in [2.05, 4.69) is 20.6 Å². The zero-order chi connectivity index (χ0) is 19.7. The van der Waals surface area contributed by atoms with E-state index in [4.69, 9.17) is 4.52 Å². The van der Waals surface area contributed by atoms with Crippen molar-refractivity contribution in [3.8, 4) is 11.3 Å². The number of aryl methyl sites for hydroxylation is 1. The van der Waals surface area contributed by atoms with Gasteiger partial charge in [0, 0.05) is 24.0 Å². The van der Waals surface area contributed by atoms with Crippen LogP contribution >= 0.6 is 0 Å². The molecule has 0 aliphatic rings. The maximum atomic E-state index is 13.2. The Kier molecular flexibility index (Phi) is 4.60. The first-order valence-electron chi connectivity index (χ1n) is 8.82. The van der Waals surface area contributed by atoms with Gasteiger partial charge in [-0.25, -0.2) is 9.37 Å². The molecule has 1 N–H and O–H groups in total. The molecule has 1 atom stereocenters. The van der Waals surface area contributed by atoms with Crippen molar-refractivity contribution in [3.63, 3.8) is 0 Å². The molecule has 0 spiro atoms. The highest BCUT2D eigenvalue weighted by atomic mass is 19.1. The fourth-order valence-electron chi connectivity index (χ4n) is 3.08. The normalized spacial score (nSPS) is 12.2. The average molecular weight is 379 g/mol. The van der Waals surface area contributed by atoms with Crippen LogP contribution in [0.5, 0.6) is 0 Å². The third-order valence-electron chi connectivity index (χ3n) is 4.40. The van der Waals surface area contributed by atoms with Gasteiger partial charge in [-0.1, -0.05) is 5.16 Å². The molecule has 1 amide bonds. The van der Waals surface area contributed by atoms with Crippen LogP contribution in [0.3, 0.4) is 0 Å². The predicted octanol–water partition coefficient (Wildman–Crippen LogP) is 3.35. The maximum absolute atomic E-state index is 13.2. The van der Waals surface area contributed by atoms with E-state index in [1.807, 2.05) is 19.2 Å². The summed E-state index contributed by atoms with van der Waals surface area (Å²) in [4.78, 5) is 17.4. The summed E-state index contributed by atoms with van der Waals surface area (Å²) in [5.41, 5.74) is 2.45. The minimum absolute atomic E-state index is 0.148. The van der Waals surface area contributed by atoms with E-state index in [-0.39, 0.29) is 23.5 Å². The first kappa shape index (κ1) is 17.8. The lowest BCUT2D eigenvalue weighted by molar-refractivity contribution is 0.0937. The zero-order valence-corrected chi connectivity index (χ0v) is 15.4. The van der Waals surface area contributed by atoms with Crippen LogP contribution in [0, 0.1) is 12.7 Å². The third kappa shape index (κ3) is 3.48. The van der Waals surface area contributed by atoms with Crippen LogP contribution in [0.2, 0.25) is 0 Å². The van der Waals surface area contributed by atoms with Crippen molar-refractivity contribution in [2.75, 3.05) is 0 Å². The van der Waals surface area contributed by atoms with Gasteiger partial charge >= 0.3 is 0 Å². The van der Waals surface area contributed by atoms with Crippen LogP contribution in [0.4, 0.5) is 4.39 Å². The average Bonchev–Trinajstić information content (AvgIpc) is 3.31. The lowest BCUT2D eigenvalue weighted by Crippen LogP contribution is -2.36. The van der Waals surface area contributed by atoms with Crippen LogP contribution in [-0.4, -0.2) is 31.9 Å². The van der Waals surface area contributed by atoms with Crippen LogP contribution < -0.4 is 5.32 Å². The number of hydrogen-bond acceptors (Lipinski definition) is 5. The molecule has 4 rings (SSSR count). The second kappa shape index (κ2) is 7.22. The number of rotatable bonds is 5. The number of benzene rings is 1. The van der Waals surface area contributed by atoms with Crippen molar-refractivity contribution >= 4 is 17.0 Å². The molecule has 4 aromatic rings. The van der Waals surface area contributed by atoms with Gasteiger partial charge < -0.3 is 9.84 Å². The van der Waals surface area contributed by atoms with E-state index in [1.165, 1.54) is 12.1 Å². The summed E-state index contributed by atoms with van der Waals surface area (Å²) in [5, 5.41) is 11.6. The number of aromatic nitrogens is 4. The van der Waals surface area contributed by atoms with Crippen molar-refractivity contribution in [2.45, 2.75) is 26.4 Å². The second-order valence-electron chi connectivity index (χ2n) is 6.61. The molecule has 8 heteroatoms. The summed E-state index contributed by atoms with van der Waals surface area (Å²) in [6.07, 6.45) is 3.53. The fourth-order valence-corrected chi connectivity index (χ4v) is 3.08. The van der Waals surface area contributed by atoms with Crippen LogP contribution in [0.1, 0.15) is 23.0 Å². The Morgan fingerprint density at radius 1 is 1.32 bits per heavy atom. The Morgan fingerprint density at radius 3 is 2.82 bits per heavy atom. The van der Waals surface area contributed by atoms with E-state index in [0.29, 0.717) is 34.4 Å². The van der Waals surface area contributed by atoms with Gasteiger partial charge in [0.2, 0.25) is 0 Å². The molecule has 28 heavy (non-hydrogen) atoms. The van der Waals surface area contributed by atoms with Crippen molar-refractivity contribution in [3.05, 3.63) is 65.9 Å². The van der Waals surface area contributed by atoms with E-state index in [9.17, 15) is 9.18 Å². The molecular weight excluding hydrogens is 361 g/mol. The minimum Gasteiger partial charge on any atom is -0.348 e. The van der Waals surface area contributed by atoms with Crippen molar-refractivity contribution in [1.29, 1.82) is 0 Å². The molecule has 1 aromatic carbocycles.